The van der Waals surface area contributed by atoms with E-state index in [1.165, 1.54) is 5.69 Å². The smallest absolute Gasteiger partial charge is 0.315 e. The molecule has 2 aromatic rings. The predicted octanol–water partition coefficient (Wildman–Crippen LogP) is 2.34. The van der Waals surface area contributed by atoms with E-state index in [0.717, 1.165) is 49.0 Å². The highest BCUT2D eigenvalue weighted by Crippen LogP contribution is 2.29. The number of carbonyl (C=O) groups is 2. The van der Waals surface area contributed by atoms with Crippen LogP contribution >= 0.6 is 0 Å². The third-order valence-electron chi connectivity index (χ3n) is 6.40. The molecule has 8 heteroatoms. The fourth-order valence-corrected chi connectivity index (χ4v) is 4.64. The Morgan fingerprint density at radius 1 is 1.16 bits per heavy atom. The summed E-state index contributed by atoms with van der Waals surface area (Å²) in [6, 6.07) is 7.57. The lowest BCUT2D eigenvalue weighted by molar-refractivity contribution is -0.131. The second-order valence-corrected chi connectivity index (χ2v) is 8.38. The zero-order chi connectivity index (χ0) is 21.8. The van der Waals surface area contributed by atoms with Gasteiger partial charge in [0.25, 0.3) is 0 Å². The third-order valence-corrected chi connectivity index (χ3v) is 6.40. The van der Waals surface area contributed by atoms with Crippen LogP contribution in [0.3, 0.4) is 0 Å². The number of hydrogen-bond acceptors (Lipinski definition) is 4. The molecule has 0 bridgehead atoms. The molecule has 1 aromatic carbocycles. The molecule has 3 amide bonds. The fraction of sp³-hybridized carbons (Fsp3) is 0.522. The molecule has 1 aromatic heterocycles. The van der Waals surface area contributed by atoms with Gasteiger partial charge in [0.1, 0.15) is 5.75 Å². The average molecular weight is 426 g/mol. The van der Waals surface area contributed by atoms with Gasteiger partial charge >= 0.3 is 6.03 Å². The van der Waals surface area contributed by atoms with Gasteiger partial charge in [0.15, 0.2) is 0 Å². The number of fused-ring (bicyclic) bond motifs is 1. The molecule has 2 N–H and O–H groups in total. The molecule has 8 nitrogen and oxygen atoms in total. The van der Waals surface area contributed by atoms with Gasteiger partial charge in [-0.2, -0.15) is 5.10 Å². The summed E-state index contributed by atoms with van der Waals surface area (Å²) >= 11 is 0. The first-order valence-corrected chi connectivity index (χ1v) is 11.0. The van der Waals surface area contributed by atoms with Gasteiger partial charge in [-0.05, 0) is 38.2 Å². The molecule has 4 rings (SSSR count). The number of nitrogens with zero attached hydrogens (tertiary/aromatic N) is 3. The average Bonchev–Trinajstić information content (AvgIpc) is 3.16. The Morgan fingerprint density at radius 3 is 2.71 bits per heavy atom. The maximum atomic E-state index is 12.7. The van der Waals surface area contributed by atoms with Crippen molar-refractivity contribution in [1.82, 2.24) is 25.3 Å². The summed E-state index contributed by atoms with van der Waals surface area (Å²) in [5, 5.41) is 10.5. The van der Waals surface area contributed by atoms with E-state index in [4.69, 9.17) is 4.74 Å². The number of urea groups is 1. The number of hydrogen-bond donors (Lipinski definition) is 2. The van der Waals surface area contributed by atoms with Crippen molar-refractivity contribution in [3.05, 3.63) is 47.3 Å². The molecule has 1 fully saturated rings. The van der Waals surface area contributed by atoms with E-state index in [1.54, 1.807) is 7.11 Å². The molecule has 2 heterocycles. The van der Waals surface area contributed by atoms with Crippen LogP contribution in [0.4, 0.5) is 4.79 Å². The van der Waals surface area contributed by atoms with Crippen LogP contribution in [0.25, 0.3) is 0 Å². The predicted molar refractivity (Wildman–Crippen MR) is 117 cm³/mol. The van der Waals surface area contributed by atoms with Crippen molar-refractivity contribution < 1.29 is 14.3 Å². The van der Waals surface area contributed by atoms with Crippen LogP contribution in [-0.2, 0) is 24.7 Å². The van der Waals surface area contributed by atoms with Gasteiger partial charge in [-0.15, -0.1) is 0 Å². The number of amides is 3. The summed E-state index contributed by atoms with van der Waals surface area (Å²) in [7, 11) is 3.57. The number of ether oxygens (including phenoxy) is 1. The Balaban J connectivity index is 1.25. The molecule has 1 atom stereocenters. The van der Waals surface area contributed by atoms with Gasteiger partial charge in [0, 0.05) is 43.0 Å². The number of carbonyl (C=O) groups excluding carboxylic acids is 2. The van der Waals surface area contributed by atoms with E-state index < -0.39 is 0 Å². The van der Waals surface area contributed by atoms with Crippen LogP contribution in [-0.4, -0.2) is 52.9 Å². The molecular formula is C23H31N5O3. The normalized spacial score (nSPS) is 18.9. The van der Waals surface area contributed by atoms with Crippen LogP contribution in [0.2, 0.25) is 0 Å². The highest BCUT2D eigenvalue weighted by atomic mass is 16.5. The van der Waals surface area contributed by atoms with Crippen LogP contribution in [0, 0.1) is 0 Å². The van der Waals surface area contributed by atoms with E-state index in [-0.39, 0.29) is 24.0 Å². The summed E-state index contributed by atoms with van der Waals surface area (Å²) < 4.78 is 7.25. The topological polar surface area (TPSA) is 88.5 Å². The molecule has 0 radical (unpaired) electrons. The first kappa shape index (κ1) is 21.2. The summed E-state index contributed by atoms with van der Waals surface area (Å²) in [5.41, 5.74) is 3.23. The van der Waals surface area contributed by atoms with E-state index in [2.05, 4.69) is 15.7 Å². The van der Waals surface area contributed by atoms with Crippen LogP contribution in [0.1, 0.15) is 48.5 Å². The highest BCUT2D eigenvalue weighted by molar-refractivity contribution is 5.79. The zero-order valence-electron chi connectivity index (χ0n) is 18.3. The number of benzene rings is 1. The van der Waals surface area contributed by atoms with E-state index in [9.17, 15) is 9.59 Å². The Morgan fingerprint density at radius 2 is 1.94 bits per heavy atom. The van der Waals surface area contributed by atoms with Crippen molar-refractivity contribution in [2.24, 2.45) is 7.05 Å². The fourth-order valence-electron chi connectivity index (χ4n) is 4.64. The first-order chi connectivity index (χ1) is 15.0. The Hall–Kier alpha value is -3.03. The number of para-hydroxylation sites is 1. The Labute approximate surface area is 182 Å². The van der Waals surface area contributed by atoms with E-state index >= 15 is 0 Å². The second-order valence-electron chi connectivity index (χ2n) is 8.38. The van der Waals surface area contributed by atoms with Gasteiger partial charge in [-0.3, -0.25) is 9.48 Å². The van der Waals surface area contributed by atoms with E-state index in [0.29, 0.717) is 19.5 Å². The highest BCUT2D eigenvalue weighted by Gasteiger charge is 2.27. The van der Waals surface area contributed by atoms with Crippen LogP contribution in [0.5, 0.6) is 5.75 Å². The lowest BCUT2D eigenvalue weighted by Crippen LogP contribution is -2.50. The number of piperidine rings is 1. The standard InChI is InChI=1S/C23H31N5O3/c1-27-20-8-5-7-19(18(20)15-24-27)26-23(30)25-17-10-12-28(13-11-17)22(29)14-16-6-3-4-9-21(16)31-2/h3-4,6,9,15,17,19H,5,7-8,10-14H2,1-2H3,(H2,25,26,30). The number of methoxy groups -OCH3 is 1. The molecule has 2 aliphatic rings. The number of nitrogens with one attached hydrogen (secondary N) is 2. The van der Waals surface area contributed by atoms with Crippen molar-refractivity contribution >= 4 is 11.9 Å². The minimum Gasteiger partial charge on any atom is -0.496 e. The minimum atomic E-state index is -0.138. The van der Waals surface area contributed by atoms with Crippen molar-refractivity contribution in [1.29, 1.82) is 0 Å². The number of rotatable bonds is 5. The summed E-state index contributed by atoms with van der Waals surface area (Å²) in [5.74, 6) is 0.835. The van der Waals surface area contributed by atoms with Gasteiger partial charge in [0.2, 0.25) is 5.91 Å². The summed E-state index contributed by atoms with van der Waals surface area (Å²) in [4.78, 5) is 27.2. The number of aryl methyl sites for hydroxylation is 1. The summed E-state index contributed by atoms with van der Waals surface area (Å²) in [6.45, 7) is 1.30. The van der Waals surface area contributed by atoms with Crippen molar-refractivity contribution in [3.63, 3.8) is 0 Å². The molecule has 31 heavy (non-hydrogen) atoms. The second kappa shape index (κ2) is 9.41. The maximum absolute atomic E-state index is 12.7. The van der Waals surface area contributed by atoms with Gasteiger partial charge < -0.3 is 20.3 Å². The lowest BCUT2D eigenvalue weighted by Gasteiger charge is -2.33. The monoisotopic (exact) mass is 425 g/mol. The largest absolute Gasteiger partial charge is 0.496 e. The van der Waals surface area contributed by atoms with Crippen molar-refractivity contribution in [3.8, 4) is 5.75 Å². The van der Waals surface area contributed by atoms with Crippen LogP contribution < -0.4 is 15.4 Å². The third kappa shape index (κ3) is 4.84. The van der Waals surface area contributed by atoms with Gasteiger partial charge in [-0.1, -0.05) is 18.2 Å². The quantitative estimate of drug-likeness (QED) is 0.770. The molecule has 1 aliphatic heterocycles. The number of likely N-dealkylation sites (tertiary alicyclic amines) is 1. The number of aromatic nitrogens is 2. The van der Waals surface area contributed by atoms with Gasteiger partial charge in [0.05, 0.1) is 25.8 Å². The van der Waals surface area contributed by atoms with E-state index in [1.807, 2.05) is 47.1 Å². The first-order valence-electron chi connectivity index (χ1n) is 11.0. The molecule has 166 valence electrons. The van der Waals surface area contributed by atoms with Crippen molar-refractivity contribution in [2.45, 2.75) is 50.6 Å². The molecule has 0 spiro atoms. The Bertz CT molecular complexity index is 933. The lowest BCUT2D eigenvalue weighted by atomic mass is 9.93. The maximum Gasteiger partial charge on any atom is 0.315 e. The molecule has 1 aliphatic carbocycles. The Kier molecular flexibility index (Phi) is 6.44. The zero-order valence-corrected chi connectivity index (χ0v) is 18.3. The SMILES string of the molecule is COc1ccccc1CC(=O)N1CCC(NC(=O)NC2CCCc3c2cnn3C)CC1. The minimum absolute atomic E-state index is 0.0139. The molecule has 1 saturated heterocycles. The molecular weight excluding hydrogens is 394 g/mol. The summed E-state index contributed by atoms with van der Waals surface area (Å²) in [6.07, 6.45) is 6.70. The molecule has 1 unspecified atom stereocenters. The van der Waals surface area contributed by atoms with Crippen molar-refractivity contribution in [2.75, 3.05) is 20.2 Å². The van der Waals surface area contributed by atoms with Crippen LogP contribution in [0.15, 0.2) is 30.5 Å². The van der Waals surface area contributed by atoms with Gasteiger partial charge in [-0.25, -0.2) is 4.79 Å². The molecule has 0 saturated carbocycles.